The molecule has 2 rings (SSSR count). The fourth-order valence-electron chi connectivity index (χ4n) is 1.73. The summed E-state index contributed by atoms with van der Waals surface area (Å²) in [5.74, 6) is -0.160. The minimum Gasteiger partial charge on any atom is -0.482 e. The van der Waals surface area contributed by atoms with Crippen LogP contribution in [-0.4, -0.2) is 17.4 Å². The van der Waals surface area contributed by atoms with E-state index in [0.29, 0.717) is 5.69 Å². The molecule has 23 heavy (non-hydrogen) atoms. The van der Waals surface area contributed by atoms with Crippen molar-refractivity contribution in [2.45, 2.75) is 6.92 Å². The number of amides is 1. The standard InChI is InChI=1S/C15H12BrClN2O4/c1-9-2-3-10(6-12(9)16)18-15(20)8-23-14-5-4-11(19(21)22)7-13(14)17/h2-7H,8H2,1H3,(H,18,20). The third-order valence-corrected chi connectivity index (χ3v) is 4.09. The molecule has 0 radical (unpaired) electrons. The lowest BCUT2D eigenvalue weighted by molar-refractivity contribution is -0.384. The zero-order valence-electron chi connectivity index (χ0n) is 12.0. The lowest BCUT2D eigenvalue weighted by Gasteiger charge is -2.09. The van der Waals surface area contributed by atoms with Gasteiger partial charge in [0.2, 0.25) is 0 Å². The number of ether oxygens (including phenoxy) is 1. The predicted molar refractivity (Wildman–Crippen MR) is 91.1 cm³/mol. The maximum absolute atomic E-state index is 11.9. The topological polar surface area (TPSA) is 81.5 Å². The molecule has 0 heterocycles. The number of nitro groups is 1. The quantitative estimate of drug-likeness (QED) is 0.599. The number of rotatable bonds is 5. The van der Waals surface area contributed by atoms with Gasteiger partial charge in [0, 0.05) is 22.3 Å². The van der Waals surface area contributed by atoms with Crippen LogP contribution in [0.4, 0.5) is 11.4 Å². The van der Waals surface area contributed by atoms with Gasteiger partial charge in [0.25, 0.3) is 11.6 Å². The van der Waals surface area contributed by atoms with Crippen LogP contribution in [0.5, 0.6) is 5.75 Å². The minimum atomic E-state index is -0.558. The largest absolute Gasteiger partial charge is 0.482 e. The van der Waals surface area contributed by atoms with Crippen LogP contribution in [0.25, 0.3) is 0 Å². The number of nitrogens with zero attached hydrogens (tertiary/aromatic N) is 1. The van der Waals surface area contributed by atoms with E-state index < -0.39 is 4.92 Å². The maximum atomic E-state index is 11.9. The van der Waals surface area contributed by atoms with Crippen molar-refractivity contribution in [1.29, 1.82) is 0 Å². The molecule has 0 spiro atoms. The normalized spacial score (nSPS) is 10.2. The minimum absolute atomic E-state index is 0.0741. The molecule has 120 valence electrons. The van der Waals surface area contributed by atoms with Gasteiger partial charge in [0.1, 0.15) is 5.75 Å². The number of carbonyl (C=O) groups is 1. The first-order valence-electron chi connectivity index (χ1n) is 6.49. The molecule has 0 bridgehead atoms. The van der Waals surface area contributed by atoms with E-state index >= 15 is 0 Å². The van der Waals surface area contributed by atoms with Gasteiger partial charge in [-0.3, -0.25) is 14.9 Å². The Hall–Kier alpha value is -2.12. The summed E-state index contributed by atoms with van der Waals surface area (Å²) in [5.41, 5.74) is 1.54. The Balaban J connectivity index is 1.96. The van der Waals surface area contributed by atoms with Crippen LogP contribution in [0.2, 0.25) is 5.02 Å². The van der Waals surface area contributed by atoms with E-state index in [4.69, 9.17) is 16.3 Å². The second-order valence-electron chi connectivity index (χ2n) is 4.67. The second kappa shape index (κ2) is 7.43. The number of anilines is 1. The van der Waals surface area contributed by atoms with E-state index in [1.54, 1.807) is 12.1 Å². The molecule has 2 aromatic rings. The Morgan fingerprint density at radius 2 is 2.09 bits per heavy atom. The number of halogens is 2. The SMILES string of the molecule is Cc1ccc(NC(=O)COc2ccc([N+](=O)[O-])cc2Cl)cc1Br. The number of hydrogen-bond donors (Lipinski definition) is 1. The van der Waals surface area contributed by atoms with Crippen LogP contribution in [0.3, 0.4) is 0 Å². The zero-order valence-corrected chi connectivity index (χ0v) is 14.3. The van der Waals surface area contributed by atoms with E-state index in [0.717, 1.165) is 10.0 Å². The molecule has 8 heteroatoms. The number of hydrogen-bond acceptors (Lipinski definition) is 4. The van der Waals surface area contributed by atoms with E-state index in [1.807, 2.05) is 13.0 Å². The van der Waals surface area contributed by atoms with E-state index in [1.165, 1.54) is 18.2 Å². The molecule has 1 N–H and O–H groups in total. The van der Waals surface area contributed by atoms with Crippen molar-refractivity contribution in [3.8, 4) is 5.75 Å². The lowest BCUT2D eigenvalue weighted by atomic mass is 10.2. The molecule has 0 aromatic heterocycles. The summed E-state index contributed by atoms with van der Waals surface area (Å²) in [6.07, 6.45) is 0. The third kappa shape index (κ3) is 4.67. The first kappa shape index (κ1) is 17.2. The Labute approximate surface area is 145 Å². The Kier molecular flexibility index (Phi) is 5.57. The summed E-state index contributed by atoms with van der Waals surface area (Å²) < 4.78 is 6.17. The fourth-order valence-corrected chi connectivity index (χ4v) is 2.34. The van der Waals surface area contributed by atoms with Crippen molar-refractivity contribution in [3.05, 3.63) is 61.6 Å². The van der Waals surface area contributed by atoms with Crippen molar-refractivity contribution in [2.75, 3.05) is 11.9 Å². The molecular weight excluding hydrogens is 388 g/mol. The van der Waals surface area contributed by atoms with Gasteiger partial charge in [-0.05, 0) is 30.7 Å². The monoisotopic (exact) mass is 398 g/mol. The smallest absolute Gasteiger partial charge is 0.271 e. The number of benzene rings is 2. The van der Waals surface area contributed by atoms with Gasteiger partial charge in [-0.25, -0.2) is 0 Å². The number of carbonyl (C=O) groups excluding carboxylic acids is 1. The van der Waals surface area contributed by atoms with Gasteiger partial charge >= 0.3 is 0 Å². The van der Waals surface area contributed by atoms with Crippen molar-refractivity contribution in [1.82, 2.24) is 0 Å². The average molecular weight is 400 g/mol. The van der Waals surface area contributed by atoms with Gasteiger partial charge < -0.3 is 10.1 Å². The summed E-state index contributed by atoms with van der Waals surface area (Å²) in [7, 11) is 0. The summed E-state index contributed by atoms with van der Waals surface area (Å²) in [4.78, 5) is 21.9. The van der Waals surface area contributed by atoms with Crippen molar-refractivity contribution in [2.24, 2.45) is 0 Å². The second-order valence-corrected chi connectivity index (χ2v) is 5.93. The number of aryl methyl sites for hydroxylation is 1. The fraction of sp³-hybridized carbons (Fsp3) is 0.133. The molecule has 0 aliphatic rings. The van der Waals surface area contributed by atoms with Crippen molar-refractivity contribution >= 4 is 44.8 Å². The molecule has 0 atom stereocenters. The number of nitro benzene ring substituents is 1. The third-order valence-electron chi connectivity index (χ3n) is 2.94. The highest BCUT2D eigenvalue weighted by molar-refractivity contribution is 9.10. The number of nitrogens with one attached hydrogen (secondary N) is 1. The van der Waals surface area contributed by atoms with Crippen molar-refractivity contribution in [3.63, 3.8) is 0 Å². The molecule has 0 saturated heterocycles. The van der Waals surface area contributed by atoms with Crippen molar-refractivity contribution < 1.29 is 14.5 Å². The molecule has 0 unspecified atom stereocenters. The average Bonchev–Trinajstić information content (AvgIpc) is 2.49. The molecule has 0 aliphatic heterocycles. The summed E-state index contributed by atoms with van der Waals surface area (Å²) >= 11 is 9.27. The van der Waals surface area contributed by atoms with Gasteiger partial charge in [-0.1, -0.05) is 33.6 Å². The number of non-ortho nitro benzene ring substituents is 1. The lowest BCUT2D eigenvalue weighted by Crippen LogP contribution is -2.20. The first-order chi connectivity index (χ1) is 10.9. The molecule has 1 amide bonds. The highest BCUT2D eigenvalue weighted by atomic mass is 79.9. The van der Waals surface area contributed by atoms with E-state index in [-0.39, 0.29) is 29.0 Å². The molecule has 6 nitrogen and oxygen atoms in total. The Morgan fingerprint density at radius 3 is 2.70 bits per heavy atom. The highest BCUT2D eigenvalue weighted by Gasteiger charge is 2.12. The molecule has 0 fully saturated rings. The van der Waals surface area contributed by atoms with Gasteiger partial charge in [0.15, 0.2) is 6.61 Å². The van der Waals surface area contributed by atoms with Crippen LogP contribution >= 0.6 is 27.5 Å². The summed E-state index contributed by atoms with van der Waals surface area (Å²) in [6, 6.07) is 9.22. The highest BCUT2D eigenvalue weighted by Crippen LogP contribution is 2.28. The predicted octanol–water partition coefficient (Wildman–Crippen LogP) is 4.34. The summed E-state index contributed by atoms with van der Waals surface area (Å²) in [5, 5.41) is 13.4. The van der Waals surface area contributed by atoms with Gasteiger partial charge in [-0.15, -0.1) is 0 Å². The van der Waals surface area contributed by atoms with Crippen LogP contribution in [0.15, 0.2) is 40.9 Å². The van der Waals surface area contributed by atoms with Crippen LogP contribution in [-0.2, 0) is 4.79 Å². The molecule has 0 aliphatic carbocycles. The maximum Gasteiger partial charge on any atom is 0.271 e. The Bertz CT molecular complexity index is 767. The summed E-state index contributed by atoms with van der Waals surface area (Å²) in [6.45, 7) is 1.68. The molecular formula is C15H12BrClN2O4. The van der Waals surface area contributed by atoms with Gasteiger partial charge in [0.05, 0.1) is 9.95 Å². The Morgan fingerprint density at radius 1 is 1.35 bits per heavy atom. The van der Waals surface area contributed by atoms with Gasteiger partial charge in [-0.2, -0.15) is 0 Å². The first-order valence-corrected chi connectivity index (χ1v) is 7.66. The molecule has 2 aromatic carbocycles. The van der Waals surface area contributed by atoms with E-state index in [2.05, 4.69) is 21.2 Å². The van der Waals surface area contributed by atoms with Crippen LogP contribution < -0.4 is 10.1 Å². The van der Waals surface area contributed by atoms with Crippen LogP contribution in [0.1, 0.15) is 5.56 Å². The zero-order chi connectivity index (χ0) is 17.0. The van der Waals surface area contributed by atoms with E-state index in [9.17, 15) is 14.9 Å². The van der Waals surface area contributed by atoms with Crippen LogP contribution in [0, 0.1) is 17.0 Å². The molecule has 0 saturated carbocycles.